The van der Waals surface area contributed by atoms with E-state index in [4.69, 9.17) is 0 Å². The van der Waals surface area contributed by atoms with Gasteiger partial charge >= 0.3 is 0 Å². The van der Waals surface area contributed by atoms with Crippen molar-refractivity contribution in [2.75, 3.05) is 26.2 Å². The van der Waals surface area contributed by atoms with Gasteiger partial charge in [-0.3, -0.25) is 0 Å². The molecule has 1 unspecified atom stereocenters. The van der Waals surface area contributed by atoms with E-state index in [1.165, 1.54) is 0 Å². The zero-order valence-electron chi connectivity index (χ0n) is 14.1. The second kappa shape index (κ2) is 9.08. The molecule has 21 heavy (non-hydrogen) atoms. The van der Waals surface area contributed by atoms with Gasteiger partial charge in [0.25, 0.3) is 10.2 Å². The lowest BCUT2D eigenvalue weighted by atomic mass is 9.99. The molecular formula is C15H33N3O2S. The number of hydrogen-bond donors (Lipinski definition) is 2. The molecule has 0 amide bonds. The van der Waals surface area contributed by atoms with Crippen molar-refractivity contribution >= 4 is 10.2 Å². The van der Waals surface area contributed by atoms with Gasteiger partial charge in [-0.2, -0.15) is 12.7 Å². The highest BCUT2D eigenvalue weighted by molar-refractivity contribution is 7.87. The van der Waals surface area contributed by atoms with Crippen LogP contribution in [0.2, 0.25) is 0 Å². The predicted octanol–water partition coefficient (Wildman–Crippen LogP) is 1.97. The maximum atomic E-state index is 12.3. The normalized spacial score (nSPS) is 21.3. The van der Waals surface area contributed by atoms with Crippen LogP contribution in [0.1, 0.15) is 53.4 Å². The molecule has 0 saturated carbocycles. The third-order valence-electron chi connectivity index (χ3n) is 3.88. The van der Waals surface area contributed by atoms with Gasteiger partial charge in [0, 0.05) is 25.7 Å². The Hall–Kier alpha value is -0.170. The smallest absolute Gasteiger partial charge is 0.279 e. The Kier molecular flexibility index (Phi) is 8.16. The maximum absolute atomic E-state index is 12.3. The van der Waals surface area contributed by atoms with Gasteiger partial charge in [0.15, 0.2) is 0 Å². The van der Waals surface area contributed by atoms with E-state index in [0.29, 0.717) is 37.5 Å². The fourth-order valence-corrected chi connectivity index (χ4v) is 3.98. The molecule has 1 rings (SSSR count). The minimum absolute atomic E-state index is 0.424. The molecule has 0 aromatic carbocycles. The molecule has 0 aliphatic carbocycles. The van der Waals surface area contributed by atoms with Crippen molar-refractivity contribution in [2.45, 2.75) is 59.4 Å². The number of rotatable bonds is 9. The van der Waals surface area contributed by atoms with Crippen LogP contribution in [0.5, 0.6) is 0 Å². The summed E-state index contributed by atoms with van der Waals surface area (Å²) >= 11 is 0. The minimum Gasteiger partial charge on any atom is -0.314 e. The van der Waals surface area contributed by atoms with Gasteiger partial charge in [0.05, 0.1) is 0 Å². The summed E-state index contributed by atoms with van der Waals surface area (Å²) in [6.45, 7) is 11.3. The Morgan fingerprint density at radius 2 is 1.95 bits per heavy atom. The summed E-state index contributed by atoms with van der Waals surface area (Å²) in [5.41, 5.74) is 0. The first-order chi connectivity index (χ1) is 9.81. The van der Waals surface area contributed by atoms with Crippen molar-refractivity contribution in [2.24, 2.45) is 11.8 Å². The van der Waals surface area contributed by atoms with Crippen molar-refractivity contribution in [1.29, 1.82) is 0 Å². The van der Waals surface area contributed by atoms with Crippen LogP contribution >= 0.6 is 0 Å². The van der Waals surface area contributed by atoms with Gasteiger partial charge in [-0.25, -0.2) is 4.72 Å². The molecule has 1 saturated heterocycles. The standard InChI is InChI=1S/C15H33N3O2S/c1-13(2)7-5-9-17-21(19,20)18-10-6-8-15(12-18)11-16-14(3)4/h13-17H,5-12H2,1-4H3. The van der Waals surface area contributed by atoms with E-state index in [1.807, 2.05) is 0 Å². The van der Waals surface area contributed by atoms with Crippen molar-refractivity contribution < 1.29 is 8.42 Å². The fourth-order valence-electron chi connectivity index (χ4n) is 2.62. The number of hydrogen-bond acceptors (Lipinski definition) is 3. The van der Waals surface area contributed by atoms with Gasteiger partial charge in [-0.15, -0.1) is 0 Å². The highest BCUT2D eigenvalue weighted by Crippen LogP contribution is 2.18. The summed E-state index contributed by atoms with van der Waals surface area (Å²) in [7, 11) is -3.30. The predicted molar refractivity (Wildman–Crippen MR) is 88.4 cm³/mol. The SMILES string of the molecule is CC(C)CCCNS(=O)(=O)N1CCCC(CNC(C)C)C1. The highest BCUT2D eigenvalue weighted by atomic mass is 32.2. The Balaban J connectivity index is 2.39. The van der Waals surface area contributed by atoms with E-state index >= 15 is 0 Å². The summed E-state index contributed by atoms with van der Waals surface area (Å²) in [6.07, 6.45) is 4.03. The molecule has 126 valence electrons. The van der Waals surface area contributed by atoms with Crippen LogP contribution in [0.4, 0.5) is 0 Å². The largest absolute Gasteiger partial charge is 0.314 e. The van der Waals surface area contributed by atoms with Crippen molar-refractivity contribution in [3.05, 3.63) is 0 Å². The van der Waals surface area contributed by atoms with E-state index < -0.39 is 10.2 Å². The quantitative estimate of drug-likeness (QED) is 0.639. The summed E-state index contributed by atoms with van der Waals surface area (Å²) in [5, 5.41) is 3.41. The van der Waals surface area contributed by atoms with Crippen LogP contribution in [0.15, 0.2) is 0 Å². The van der Waals surface area contributed by atoms with Crippen LogP contribution in [-0.4, -0.2) is 44.9 Å². The van der Waals surface area contributed by atoms with Gasteiger partial charge in [0.2, 0.25) is 0 Å². The third-order valence-corrected chi connectivity index (χ3v) is 5.46. The average Bonchev–Trinajstić information content (AvgIpc) is 2.41. The molecule has 0 aromatic rings. The molecule has 0 bridgehead atoms. The zero-order valence-corrected chi connectivity index (χ0v) is 14.9. The lowest BCUT2D eigenvalue weighted by Gasteiger charge is -2.32. The van der Waals surface area contributed by atoms with Crippen LogP contribution in [0.3, 0.4) is 0 Å². The van der Waals surface area contributed by atoms with Crippen molar-refractivity contribution in [3.8, 4) is 0 Å². The maximum Gasteiger partial charge on any atom is 0.279 e. The first-order valence-electron chi connectivity index (χ1n) is 8.29. The molecule has 0 radical (unpaired) electrons. The molecule has 1 atom stereocenters. The lowest BCUT2D eigenvalue weighted by molar-refractivity contribution is 0.254. The zero-order chi connectivity index (χ0) is 15.9. The topological polar surface area (TPSA) is 61.4 Å². The van der Waals surface area contributed by atoms with Gasteiger partial charge in [-0.1, -0.05) is 27.7 Å². The van der Waals surface area contributed by atoms with E-state index in [0.717, 1.165) is 32.2 Å². The first-order valence-corrected chi connectivity index (χ1v) is 9.73. The second-order valence-electron chi connectivity index (χ2n) is 6.86. The molecule has 0 aromatic heterocycles. The van der Waals surface area contributed by atoms with Crippen LogP contribution in [-0.2, 0) is 10.2 Å². The van der Waals surface area contributed by atoms with Gasteiger partial charge in [0.1, 0.15) is 0 Å². The van der Waals surface area contributed by atoms with E-state index in [1.54, 1.807) is 4.31 Å². The molecule has 0 spiro atoms. The molecule has 1 fully saturated rings. The molecule has 1 heterocycles. The van der Waals surface area contributed by atoms with Crippen LogP contribution in [0.25, 0.3) is 0 Å². The Morgan fingerprint density at radius 3 is 2.57 bits per heavy atom. The Labute approximate surface area is 131 Å². The van der Waals surface area contributed by atoms with Gasteiger partial charge in [-0.05, 0) is 44.1 Å². The number of piperidine rings is 1. The number of nitrogens with zero attached hydrogens (tertiary/aromatic N) is 1. The molecule has 6 heteroatoms. The first kappa shape index (κ1) is 18.9. The van der Waals surface area contributed by atoms with E-state index in [2.05, 4.69) is 37.7 Å². The third kappa shape index (κ3) is 7.58. The Morgan fingerprint density at radius 1 is 1.24 bits per heavy atom. The molecule has 1 aliphatic rings. The monoisotopic (exact) mass is 319 g/mol. The molecule has 5 nitrogen and oxygen atoms in total. The van der Waals surface area contributed by atoms with Crippen molar-refractivity contribution in [3.63, 3.8) is 0 Å². The van der Waals surface area contributed by atoms with Crippen LogP contribution in [0, 0.1) is 11.8 Å². The summed E-state index contributed by atoms with van der Waals surface area (Å²) in [4.78, 5) is 0. The lowest BCUT2D eigenvalue weighted by Crippen LogP contribution is -2.48. The highest BCUT2D eigenvalue weighted by Gasteiger charge is 2.28. The van der Waals surface area contributed by atoms with Crippen LogP contribution < -0.4 is 10.0 Å². The summed E-state index contributed by atoms with van der Waals surface area (Å²) < 4.78 is 29.0. The fraction of sp³-hybridized carbons (Fsp3) is 1.00. The molecule has 1 aliphatic heterocycles. The summed E-state index contributed by atoms with van der Waals surface area (Å²) in [5.74, 6) is 1.05. The summed E-state index contributed by atoms with van der Waals surface area (Å²) in [6, 6.07) is 0.450. The number of nitrogens with one attached hydrogen (secondary N) is 2. The molecular weight excluding hydrogens is 286 g/mol. The van der Waals surface area contributed by atoms with E-state index in [9.17, 15) is 8.42 Å². The van der Waals surface area contributed by atoms with Crippen molar-refractivity contribution in [1.82, 2.24) is 14.3 Å². The van der Waals surface area contributed by atoms with Gasteiger partial charge < -0.3 is 5.32 Å². The average molecular weight is 320 g/mol. The minimum atomic E-state index is -3.30. The van der Waals surface area contributed by atoms with E-state index in [-0.39, 0.29) is 0 Å². The molecule has 2 N–H and O–H groups in total. The second-order valence-corrected chi connectivity index (χ2v) is 8.62. The Bertz CT molecular complexity index is 382.